The van der Waals surface area contributed by atoms with Crippen LogP contribution in [0.1, 0.15) is 66.7 Å². The summed E-state index contributed by atoms with van der Waals surface area (Å²) < 4.78 is 6.31. The van der Waals surface area contributed by atoms with Crippen LogP contribution in [0.2, 0.25) is 0 Å². The first kappa shape index (κ1) is 29.4. The number of ether oxygens (including phenoxy) is 1. The van der Waals surface area contributed by atoms with E-state index in [1.165, 1.54) is 21.4 Å². The van der Waals surface area contributed by atoms with Gasteiger partial charge in [0.2, 0.25) is 5.91 Å². The zero-order valence-electron chi connectivity index (χ0n) is 22.9. The minimum atomic E-state index is -0.777. The number of amides is 2. The van der Waals surface area contributed by atoms with E-state index in [2.05, 4.69) is 9.97 Å². The lowest BCUT2D eigenvalue weighted by Crippen LogP contribution is -2.47. The summed E-state index contributed by atoms with van der Waals surface area (Å²) in [5.41, 5.74) is 6.02. The Labute approximate surface area is 215 Å². The predicted octanol–water partition coefficient (Wildman–Crippen LogP) is 1.66. The maximum absolute atomic E-state index is 13.5. The topological polar surface area (TPSA) is 164 Å². The van der Waals surface area contributed by atoms with Crippen LogP contribution >= 0.6 is 0 Å². The lowest BCUT2D eigenvalue weighted by molar-refractivity contribution is -0.119. The van der Waals surface area contributed by atoms with Gasteiger partial charge in [-0.15, -0.1) is 0 Å². The first-order valence-corrected chi connectivity index (χ1v) is 12.3. The Morgan fingerprint density at radius 2 is 1.68 bits per heavy atom. The fraction of sp³-hybridized carbons (Fsp3) is 0.560. The standard InChI is InChI=1S/C25H38N6O6/c1-9-37-24(35)18-15(6)19(27-16(18)7)23(34)29(8)12-17(32)30(10-13(2)3)20-21(26)31(11-14(4)5)25(36)28-22(20)33/h13-14,27H,9-12,26H2,1-8H3,(H,28,33,36). The number of likely N-dealkylation sites (N-methyl/N-ethyl adjacent to an activating group) is 1. The zero-order valence-corrected chi connectivity index (χ0v) is 22.9. The number of rotatable bonds is 10. The van der Waals surface area contributed by atoms with E-state index in [1.54, 1.807) is 20.8 Å². The van der Waals surface area contributed by atoms with E-state index in [-0.39, 0.29) is 60.8 Å². The van der Waals surface area contributed by atoms with Gasteiger partial charge in [0.1, 0.15) is 18.1 Å². The number of anilines is 2. The summed E-state index contributed by atoms with van der Waals surface area (Å²) in [6, 6.07) is 0. The van der Waals surface area contributed by atoms with Crippen LogP contribution in [0, 0.1) is 25.7 Å². The van der Waals surface area contributed by atoms with Gasteiger partial charge in [-0.3, -0.25) is 23.9 Å². The van der Waals surface area contributed by atoms with Gasteiger partial charge in [-0.2, -0.15) is 0 Å². The van der Waals surface area contributed by atoms with Gasteiger partial charge in [0.05, 0.1) is 12.2 Å². The Balaban J connectivity index is 2.43. The second kappa shape index (κ2) is 11.9. The van der Waals surface area contributed by atoms with Gasteiger partial charge >= 0.3 is 11.7 Å². The number of carbonyl (C=O) groups is 3. The highest BCUT2D eigenvalue weighted by molar-refractivity contribution is 6.03. The highest BCUT2D eigenvalue weighted by atomic mass is 16.5. The van der Waals surface area contributed by atoms with E-state index in [0.29, 0.717) is 11.3 Å². The number of aromatic nitrogens is 3. The first-order valence-electron chi connectivity index (χ1n) is 12.3. The second-order valence-corrected chi connectivity index (χ2v) is 9.90. The molecule has 12 nitrogen and oxygen atoms in total. The predicted molar refractivity (Wildman–Crippen MR) is 141 cm³/mol. The molecule has 2 aromatic rings. The molecule has 2 amide bonds. The quantitative estimate of drug-likeness (QED) is 0.403. The highest BCUT2D eigenvalue weighted by Gasteiger charge is 2.29. The molecule has 0 saturated carbocycles. The van der Waals surface area contributed by atoms with Crippen LogP contribution in [0.5, 0.6) is 0 Å². The first-order chi connectivity index (χ1) is 17.2. The monoisotopic (exact) mass is 518 g/mol. The molecule has 0 aromatic carbocycles. The van der Waals surface area contributed by atoms with Crippen LogP contribution < -0.4 is 21.9 Å². The summed E-state index contributed by atoms with van der Waals surface area (Å²) in [6.07, 6.45) is 0. The van der Waals surface area contributed by atoms with Gasteiger partial charge < -0.3 is 25.3 Å². The third-order valence-corrected chi connectivity index (χ3v) is 5.73. The number of aryl methyl sites for hydroxylation is 1. The average molecular weight is 519 g/mol. The molecule has 0 radical (unpaired) electrons. The van der Waals surface area contributed by atoms with Crippen LogP contribution in [0.3, 0.4) is 0 Å². The Morgan fingerprint density at radius 1 is 1.05 bits per heavy atom. The second-order valence-electron chi connectivity index (χ2n) is 9.90. The summed E-state index contributed by atoms with van der Waals surface area (Å²) in [5.74, 6) is -1.71. The number of nitrogens with zero attached hydrogens (tertiary/aromatic N) is 3. The van der Waals surface area contributed by atoms with Gasteiger partial charge in [0, 0.05) is 25.8 Å². The smallest absolute Gasteiger partial charge is 0.340 e. The molecule has 0 saturated heterocycles. The van der Waals surface area contributed by atoms with Crippen LogP contribution in [-0.4, -0.2) is 64.0 Å². The van der Waals surface area contributed by atoms with Crippen molar-refractivity contribution >= 4 is 29.3 Å². The summed E-state index contributed by atoms with van der Waals surface area (Å²) >= 11 is 0. The van der Waals surface area contributed by atoms with Gasteiger partial charge in [0.15, 0.2) is 5.69 Å². The van der Waals surface area contributed by atoms with Crippen molar-refractivity contribution in [3.05, 3.63) is 43.4 Å². The van der Waals surface area contributed by atoms with Gasteiger partial charge in [0.25, 0.3) is 11.5 Å². The van der Waals surface area contributed by atoms with Crippen LogP contribution in [0.15, 0.2) is 9.59 Å². The number of carbonyl (C=O) groups excluding carboxylic acids is 3. The van der Waals surface area contributed by atoms with E-state index in [0.717, 1.165) is 0 Å². The molecule has 0 bridgehead atoms. The number of hydrogen-bond donors (Lipinski definition) is 3. The lowest BCUT2D eigenvalue weighted by Gasteiger charge is -2.28. The minimum absolute atomic E-state index is 0.0466. The fourth-order valence-electron chi connectivity index (χ4n) is 4.09. The molecule has 0 fully saturated rings. The number of nitrogens with two attached hydrogens (primary N) is 1. The largest absolute Gasteiger partial charge is 0.462 e. The van der Waals surface area contributed by atoms with Crippen molar-refractivity contribution in [1.29, 1.82) is 0 Å². The molecular formula is C25H38N6O6. The molecule has 2 aromatic heterocycles. The minimum Gasteiger partial charge on any atom is -0.462 e. The van der Waals surface area contributed by atoms with Crippen molar-refractivity contribution in [2.24, 2.45) is 11.8 Å². The van der Waals surface area contributed by atoms with Crippen molar-refractivity contribution in [2.75, 3.05) is 37.4 Å². The summed E-state index contributed by atoms with van der Waals surface area (Å²) in [4.78, 5) is 71.7. The van der Waals surface area contributed by atoms with Crippen molar-refractivity contribution < 1.29 is 19.1 Å². The molecule has 0 aliphatic carbocycles. The molecule has 2 rings (SSSR count). The number of aromatic amines is 2. The number of H-pyrrole nitrogens is 2. The van der Waals surface area contributed by atoms with Gasteiger partial charge in [-0.1, -0.05) is 27.7 Å². The maximum atomic E-state index is 13.5. The fourth-order valence-corrected chi connectivity index (χ4v) is 4.09. The van der Waals surface area contributed by atoms with Crippen LogP contribution in [0.4, 0.5) is 11.5 Å². The van der Waals surface area contributed by atoms with Crippen molar-refractivity contribution in [2.45, 2.75) is 55.0 Å². The van der Waals surface area contributed by atoms with Gasteiger partial charge in [-0.25, -0.2) is 9.59 Å². The third-order valence-electron chi connectivity index (χ3n) is 5.73. The van der Waals surface area contributed by atoms with Crippen LogP contribution in [-0.2, 0) is 16.1 Å². The Bertz CT molecular complexity index is 1290. The normalized spacial score (nSPS) is 11.2. The maximum Gasteiger partial charge on any atom is 0.340 e. The summed E-state index contributed by atoms with van der Waals surface area (Å²) in [7, 11) is 1.45. The molecule has 0 atom stereocenters. The van der Waals surface area contributed by atoms with E-state index in [9.17, 15) is 24.0 Å². The average Bonchev–Trinajstić information content (AvgIpc) is 3.08. The number of nitrogen functional groups attached to an aromatic ring is 1. The molecule has 0 unspecified atom stereocenters. The van der Waals surface area contributed by atoms with E-state index in [4.69, 9.17) is 10.5 Å². The Hall–Kier alpha value is -3.83. The lowest BCUT2D eigenvalue weighted by atomic mass is 10.1. The van der Waals surface area contributed by atoms with Gasteiger partial charge in [-0.05, 0) is 38.2 Å². The molecule has 0 aliphatic heterocycles. The van der Waals surface area contributed by atoms with E-state index >= 15 is 0 Å². The zero-order chi connectivity index (χ0) is 28.2. The summed E-state index contributed by atoms with van der Waals surface area (Å²) in [5, 5.41) is 0. The van der Waals surface area contributed by atoms with Crippen molar-refractivity contribution in [3.63, 3.8) is 0 Å². The molecule has 37 heavy (non-hydrogen) atoms. The molecule has 12 heteroatoms. The molecule has 0 spiro atoms. The molecule has 204 valence electrons. The summed E-state index contributed by atoms with van der Waals surface area (Å²) in [6.45, 7) is 12.7. The third kappa shape index (κ3) is 6.49. The Morgan fingerprint density at radius 3 is 2.22 bits per heavy atom. The SMILES string of the molecule is CCOC(=O)c1c(C)[nH]c(C(=O)N(C)CC(=O)N(CC(C)C)c2c(N)n(CC(C)C)c(=O)[nH]c2=O)c1C. The van der Waals surface area contributed by atoms with E-state index < -0.39 is 29.0 Å². The number of nitrogens with one attached hydrogen (secondary N) is 2. The Kier molecular flexibility index (Phi) is 9.49. The molecular weight excluding hydrogens is 480 g/mol. The highest BCUT2D eigenvalue weighted by Crippen LogP contribution is 2.22. The molecule has 4 N–H and O–H groups in total. The molecule has 0 aliphatic rings. The van der Waals surface area contributed by atoms with E-state index in [1.807, 2.05) is 27.7 Å². The number of esters is 1. The molecule has 2 heterocycles. The van der Waals surface area contributed by atoms with Crippen molar-refractivity contribution in [3.8, 4) is 0 Å². The van der Waals surface area contributed by atoms with Crippen molar-refractivity contribution in [1.82, 2.24) is 19.4 Å². The van der Waals surface area contributed by atoms with Crippen LogP contribution in [0.25, 0.3) is 0 Å². The number of hydrogen-bond acceptors (Lipinski definition) is 7.